The molecule has 0 spiro atoms. The lowest BCUT2D eigenvalue weighted by Crippen LogP contribution is -2.43. The first-order valence-corrected chi connectivity index (χ1v) is 5.45. The van der Waals surface area contributed by atoms with E-state index >= 15 is 0 Å². The van der Waals surface area contributed by atoms with Crippen molar-refractivity contribution in [2.24, 2.45) is 5.92 Å². The first-order valence-electron chi connectivity index (χ1n) is 5.45. The van der Waals surface area contributed by atoms with Gasteiger partial charge in [-0.25, -0.2) is 0 Å². The van der Waals surface area contributed by atoms with Gasteiger partial charge < -0.3 is 9.88 Å². The molecule has 0 radical (unpaired) electrons. The van der Waals surface area contributed by atoms with Gasteiger partial charge in [-0.05, 0) is 38.8 Å². The number of nitrogens with one attached hydrogen (secondary N) is 1. The lowest BCUT2D eigenvalue weighted by Gasteiger charge is -2.26. The maximum absolute atomic E-state index is 4.28. The summed E-state index contributed by atoms with van der Waals surface area (Å²) in [6.45, 7) is 4.36. The van der Waals surface area contributed by atoms with Gasteiger partial charge >= 0.3 is 0 Å². The highest BCUT2D eigenvalue weighted by Gasteiger charge is 2.29. The van der Waals surface area contributed by atoms with Gasteiger partial charge in [0, 0.05) is 12.5 Å². The van der Waals surface area contributed by atoms with E-state index in [1.165, 1.54) is 18.7 Å². The Morgan fingerprint density at radius 1 is 1.36 bits per heavy atom. The van der Waals surface area contributed by atoms with Gasteiger partial charge in [0.2, 0.25) is 0 Å². The van der Waals surface area contributed by atoms with E-state index in [0.717, 1.165) is 31.3 Å². The van der Waals surface area contributed by atoms with Crippen LogP contribution in [0.2, 0.25) is 0 Å². The summed E-state index contributed by atoms with van der Waals surface area (Å²) in [5, 5.41) is 11.8. The summed E-state index contributed by atoms with van der Waals surface area (Å²) in [4.78, 5) is 0. The first kappa shape index (κ1) is 8.41. The number of rotatable bonds is 3. The fraction of sp³-hybridized carbons (Fsp3) is 0.800. The Morgan fingerprint density at radius 2 is 2.14 bits per heavy atom. The standard InChI is InChI=1S/C10H16N4/c1-7-12-13-10(4-8-5-11-6-8)14(7)9-2-3-9/h8-9,11H,2-6H2,1H3. The Hall–Kier alpha value is -0.900. The molecule has 0 unspecified atom stereocenters. The third-order valence-electron chi connectivity index (χ3n) is 3.19. The second-order valence-corrected chi connectivity index (χ2v) is 4.49. The Balaban J connectivity index is 1.81. The molecular weight excluding hydrogens is 176 g/mol. The smallest absolute Gasteiger partial charge is 0.133 e. The molecular formula is C10H16N4. The van der Waals surface area contributed by atoms with Gasteiger partial charge in [0.25, 0.3) is 0 Å². The maximum atomic E-state index is 4.28. The van der Waals surface area contributed by atoms with E-state index in [1.807, 2.05) is 0 Å². The molecule has 0 bridgehead atoms. The lowest BCUT2D eigenvalue weighted by atomic mass is 9.99. The molecule has 0 atom stereocenters. The van der Waals surface area contributed by atoms with Crippen LogP contribution < -0.4 is 5.32 Å². The first-order chi connectivity index (χ1) is 6.84. The monoisotopic (exact) mass is 192 g/mol. The van der Waals surface area contributed by atoms with Crippen molar-refractivity contribution in [1.82, 2.24) is 20.1 Å². The normalized spacial score (nSPS) is 22.4. The molecule has 1 aromatic heterocycles. The van der Waals surface area contributed by atoms with Crippen LogP contribution in [-0.2, 0) is 6.42 Å². The molecule has 4 heteroatoms. The van der Waals surface area contributed by atoms with Gasteiger partial charge in [-0.1, -0.05) is 0 Å². The fourth-order valence-electron chi connectivity index (χ4n) is 2.11. The van der Waals surface area contributed by atoms with Crippen LogP contribution in [0.15, 0.2) is 0 Å². The number of aromatic nitrogens is 3. The number of nitrogens with zero attached hydrogens (tertiary/aromatic N) is 3. The lowest BCUT2D eigenvalue weighted by molar-refractivity contribution is 0.336. The van der Waals surface area contributed by atoms with Crippen LogP contribution in [0.25, 0.3) is 0 Å². The van der Waals surface area contributed by atoms with Crippen LogP contribution in [-0.4, -0.2) is 27.9 Å². The quantitative estimate of drug-likeness (QED) is 0.766. The molecule has 1 saturated heterocycles. The van der Waals surface area contributed by atoms with Crippen molar-refractivity contribution in [1.29, 1.82) is 0 Å². The van der Waals surface area contributed by atoms with E-state index in [0.29, 0.717) is 6.04 Å². The van der Waals surface area contributed by atoms with Crippen molar-refractivity contribution < 1.29 is 0 Å². The van der Waals surface area contributed by atoms with Gasteiger partial charge in [0.1, 0.15) is 11.6 Å². The van der Waals surface area contributed by atoms with E-state index < -0.39 is 0 Å². The number of aryl methyl sites for hydroxylation is 1. The van der Waals surface area contributed by atoms with Gasteiger partial charge in [-0.15, -0.1) is 10.2 Å². The summed E-state index contributed by atoms with van der Waals surface area (Å²) in [5.74, 6) is 3.09. The minimum Gasteiger partial charge on any atom is -0.316 e. The number of hydrogen-bond donors (Lipinski definition) is 1. The molecule has 14 heavy (non-hydrogen) atoms. The highest BCUT2D eigenvalue weighted by atomic mass is 15.3. The summed E-state index contributed by atoms with van der Waals surface area (Å²) in [5.41, 5.74) is 0. The van der Waals surface area contributed by atoms with Crippen molar-refractivity contribution in [2.75, 3.05) is 13.1 Å². The topological polar surface area (TPSA) is 42.7 Å². The average molecular weight is 192 g/mol. The molecule has 0 amide bonds. The molecule has 1 saturated carbocycles. The summed E-state index contributed by atoms with van der Waals surface area (Å²) in [6, 6.07) is 0.716. The molecule has 2 fully saturated rings. The maximum Gasteiger partial charge on any atom is 0.133 e. The second kappa shape index (κ2) is 3.05. The van der Waals surface area contributed by atoms with Crippen LogP contribution in [0.4, 0.5) is 0 Å². The summed E-state index contributed by atoms with van der Waals surface area (Å²) in [7, 11) is 0. The van der Waals surface area contributed by atoms with Gasteiger partial charge in [0.05, 0.1) is 0 Å². The van der Waals surface area contributed by atoms with E-state index in [2.05, 4.69) is 27.0 Å². The third kappa shape index (κ3) is 1.34. The van der Waals surface area contributed by atoms with E-state index in [4.69, 9.17) is 0 Å². The number of hydrogen-bond acceptors (Lipinski definition) is 3. The molecule has 2 heterocycles. The Kier molecular flexibility index (Phi) is 1.83. The van der Waals surface area contributed by atoms with Gasteiger partial charge in [0.15, 0.2) is 0 Å². The zero-order valence-corrected chi connectivity index (χ0v) is 8.53. The highest BCUT2D eigenvalue weighted by Crippen LogP contribution is 2.36. The fourth-order valence-corrected chi connectivity index (χ4v) is 2.11. The molecule has 2 aliphatic rings. The summed E-state index contributed by atoms with van der Waals surface area (Å²) < 4.78 is 2.35. The molecule has 1 N–H and O–H groups in total. The zero-order chi connectivity index (χ0) is 9.54. The Labute approximate surface area is 83.7 Å². The van der Waals surface area contributed by atoms with E-state index in [9.17, 15) is 0 Å². The van der Waals surface area contributed by atoms with Crippen LogP contribution in [0.1, 0.15) is 30.5 Å². The molecule has 1 aliphatic carbocycles. The van der Waals surface area contributed by atoms with Crippen LogP contribution in [0, 0.1) is 12.8 Å². The van der Waals surface area contributed by atoms with Crippen LogP contribution >= 0.6 is 0 Å². The highest BCUT2D eigenvalue weighted by molar-refractivity contribution is 5.03. The van der Waals surface area contributed by atoms with Gasteiger partial charge in [-0.2, -0.15) is 0 Å². The largest absolute Gasteiger partial charge is 0.316 e. The zero-order valence-electron chi connectivity index (χ0n) is 8.53. The predicted molar refractivity (Wildman–Crippen MR) is 53.1 cm³/mol. The van der Waals surface area contributed by atoms with Crippen molar-refractivity contribution in [3.8, 4) is 0 Å². The Morgan fingerprint density at radius 3 is 2.71 bits per heavy atom. The minimum absolute atomic E-state index is 0.716. The van der Waals surface area contributed by atoms with Crippen molar-refractivity contribution in [2.45, 2.75) is 32.2 Å². The van der Waals surface area contributed by atoms with Crippen LogP contribution in [0.3, 0.4) is 0 Å². The molecule has 4 nitrogen and oxygen atoms in total. The molecule has 3 rings (SSSR count). The second-order valence-electron chi connectivity index (χ2n) is 4.49. The van der Waals surface area contributed by atoms with Crippen molar-refractivity contribution >= 4 is 0 Å². The Bertz CT molecular complexity index is 336. The average Bonchev–Trinajstić information content (AvgIpc) is 2.85. The van der Waals surface area contributed by atoms with Crippen LogP contribution in [0.5, 0.6) is 0 Å². The molecule has 1 aliphatic heterocycles. The van der Waals surface area contributed by atoms with Crippen molar-refractivity contribution in [3.05, 3.63) is 11.6 Å². The van der Waals surface area contributed by atoms with E-state index in [-0.39, 0.29) is 0 Å². The van der Waals surface area contributed by atoms with Gasteiger partial charge in [-0.3, -0.25) is 0 Å². The molecule has 76 valence electrons. The summed E-state index contributed by atoms with van der Waals surface area (Å²) in [6.07, 6.45) is 3.73. The molecule has 0 aromatic carbocycles. The third-order valence-corrected chi connectivity index (χ3v) is 3.19. The SMILES string of the molecule is Cc1nnc(CC2CNC2)n1C1CC1. The summed E-state index contributed by atoms with van der Waals surface area (Å²) >= 11 is 0. The minimum atomic E-state index is 0.716. The molecule has 1 aromatic rings. The van der Waals surface area contributed by atoms with Crippen molar-refractivity contribution in [3.63, 3.8) is 0 Å². The predicted octanol–water partition coefficient (Wildman–Crippen LogP) is 0.683. The van der Waals surface area contributed by atoms with E-state index in [1.54, 1.807) is 0 Å².